The minimum absolute atomic E-state index is 0.110. The van der Waals surface area contributed by atoms with Gasteiger partial charge in [0.15, 0.2) is 0 Å². The maximum Gasteiger partial charge on any atom is 0.252 e. The third-order valence-corrected chi connectivity index (χ3v) is 23.8. The van der Waals surface area contributed by atoms with E-state index in [1.54, 1.807) is 0 Å². The molecule has 0 aliphatic carbocycles. The molecule has 16 aromatic carbocycles. The number of hydrogen-bond donors (Lipinski definition) is 0. The predicted octanol–water partition coefficient (Wildman–Crippen LogP) is 26.7. The Balaban J connectivity index is 0.918. The summed E-state index contributed by atoms with van der Waals surface area (Å²) in [5.41, 5.74) is 33.2. The molecule has 0 saturated carbocycles. The summed E-state index contributed by atoms with van der Waals surface area (Å²) in [5, 5.41) is 9.15. The first-order chi connectivity index (χ1) is 54.3. The summed E-state index contributed by atoms with van der Waals surface area (Å²) in [4.78, 5) is 5.35. The number of para-hydroxylation sites is 6. The van der Waals surface area contributed by atoms with E-state index in [9.17, 15) is 0 Å². The van der Waals surface area contributed by atoms with Crippen LogP contribution in [0.25, 0.3) is 154 Å². The Kier molecular flexibility index (Phi) is 14.2. The third kappa shape index (κ3) is 10.0. The van der Waals surface area contributed by atoms with Gasteiger partial charge in [-0.25, -0.2) is 0 Å². The summed E-state index contributed by atoms with van der Waals surface area (Å²) in [6.45, 7) is 13.7. The molecule has 4 aromatic heterocycles. The summed E-state index contributed by atoms with van der Waals surface area (Å²) >= 11 is 0. The summed E-state index contributed by atoms with van der Waals surface area (Å²) in [5.74, 6) is 0. The first-order valence-corrected chi connectivity index (χ1v) is 38.7. The van der Waals surface area contributed by atoms with Gasteiger partial charge >= 0.3 is 0 Å². The highest BCUT2D eigenvalue weighted by molar-refractivity contribution is 7.00. The minimum atomic E-state index is -0.317. The monoisotopic (exact) mass is 1420 g/mol. The summed E-state index contributed by atoms with van der Waals surface area (Å²) in [6.07, 6.45) is 0. The first-order valence-electron chi connectivity index (χ1n) is 38.7. The Morgan fingerprint density at radius 2 is 0.604 bits per heavy atom. The van der Waals surface area contributed by atoms with E-state index in [1.807, 2.05) is 0 Å². The Morgan fingerprint density at radius 3 is 1.04 bits per heavy atom. The van der Waals surface area contributed by atoms with Crippen molar-refractivity contribution in [1.82, 2.24) is 9.13 Å². The zero-order valence-corrected chi connectivity index (χ0v) is 62.6. The van der Waals surface area contributed by atoms with Crippen molar-refractivity contribution >= 4 is 145 Å². The molecule has 6 nitrogen and oxygen atoms in total. The van der Waals surface area contributed by atoms with Crippen molar-refractivity contribution in [3.63, 3.8) is 0 Å². The number of furan rings is 2. The lowest BCUT2D eigenvalue weighted by atomic mass is 9.33. The van der Waals surface area contributed by atoms with Crippen LogP contribution in [-0.4, -0.2) is 15.8 Å². The molecule has 0 amide bonds. The topological polar surface area (TPSA) is 42.6 Å². The first kappa shape index (κ1) is 64.6. The van der Waals surface area contributed by atoms with Crippen molar-refractivity contribution in [1.29, 1.82) is 0 Å². The highest BCUT2D eigenvalue weighted by Gasteiger charge is 2.46. The number of nitrogens with zero attached hydrogens (tertiary/aromatic N) is 4. The van der Waals surface area contributed by atoms with Crippen LogP contribution < -0.4 is 26.2 Å². The Hall–Kier alpha value is -13.6. The lowest BCUT2D eigenvalue weighted by molar-refractivity contribution is 0.590. The zero-order chi connectivity index (χ0) is 74.1. The molecule has 0 spiro atoms. The van der Waals surface area contributed by atoms with E-state index in [2.05, 4.69) is 406 Å². The number of fused-ring (bicyclic) bond motifs is 16. The van der Waals surface area contributed by atoms with Crippen LogP contribution in [0.5, 0.6) is 0 Å². The molecule has 0 saturated heterocycles. The Morgan fingerprint density at radius 1 is 0.234 bits per heavy atom. The van der Waals surface area contributed by atoms with Crippen molar-refractivity contribution in [3.8, 4) is 67.0 Å². The number of anilines is 6. The smallest absolute Gasteiger partial charge is 0.252 e. The van der Waals surface area contributed by atoms with E-state index >= 15 is 0 Å². The van der Waals surface area contributed by atoms with E-state index in [0.717, 1.165) is 167 Å². The van der Waals surface area contributed by atoms with Crippen molar-refractivity contribution in [2.24, 2.45) is 0 Å². The lowest BCUT2D eigenvalue weighted by Gasteiger charge is -2.46. The number of hydrogen-bond acceptors (Lipinski definition) is 4. The second kappa shape index (κ2) is 24.4. The van der Waals surface area contributed by atoms with Gasteiger partial charge in [0.05, 0.1) is 44.8 Å². The molecular weight excluding hydrogens is 1350 g/mol. The molecule has 0 fully saturated rings. The normalized spacial score (nSPS) is 12.9. The molecule has 22 rings (SSSR count). The fourth-order valence-corrected chi connectivity index (χ4v) is 18.4. The highest BCUT2D eigenvalue weighted by Crippen LogP contribution is 2.55. The molecule has 526 valence electrons. The molecule has 0 atom stereocenters. The fraction of sp³-hybridized carbons (Fsp3) is 0.0769. The SMILES string of the molecule is CC(C)(C)c1ccc2c(c1)c1cc(C(C)(C)C)ccc1n2-c1cccc(-c2ccc3c(c2)oc2ccccc23)c1N1c2ccc(-c3ccccc3)cc2B2c3cc(-c4ccccc4)ccc3N(c3c(-c4ccc5c(c4)oc4ccccc45)cccc3-n3c4ccccc4c4ccccc43)c3cc(-c4ccccc4)cc1c32. The predicted molar refractivity (Wildman–Crippen MR) is 468 cm³/mol. The molecule has 0 N–H and O–H groups in total. The highest BCUT2D eigenvalue weighted by atomic mass is 16.3. The number of rotatable bonds is 9. The third-order valence-electron chi connectivity index (χ3n) is 23.8. The minimum Gasteiger partial charge on any atom is -0.456 e. The second-order valence-electron chi connectivity index (χ2n) is 32.3. The number of aromatic nitrogens is 2. The molecule has 0 unspecified atom stereocenters. The molecule has 0 bridgehead atoms. The Labute approximate surface area is 644 Å². The van der Waals surface area contributed by atoms with Gasteiger partial charge in [-0.2, -0.15) is 0 Å². The van der Waals surface area contributed by atoms with Crippen molar-refractivity contribution in [3.05, 3.63) is 357 Å². The van der Waals surface area contributed by atoms with Crippen LogP contribution in [0.15, 0.2) is 355 Å². The second-order valence-corrected chi connectivity index (χ2v) is 32.3. The van der Waals surface area contributed by atoms with Crippen LogP contribution in [0.3, 0.4) is 0 Å². The number of benzene rings is 16. The average Bonchev–Trinajstić information content (AvgIpc) is 0.762. The van der Waals surface area contributed by atoms with Crippen molar-refractivity contribution < 1.29 is 8.83 Å². The van der Waals surface area contributed by atoms with Crippen molar-refractivity contribution in [2.75, 3.05) is 9.80 Å². The van der Waals surface area contributed by atoms with Gasteiger partial charge in [0.1, 0.15) is 22.3 Å². The van der Waals surface area contributed by atoms with Gasteiger partial charge < -0.3 is 27.8 Å². The van der Waals surface area contributed by atoms with E-state index < -0.39 is 0 Å². The van der Waals surface area contributed by atoms with Gasteiger partial charge in [-0.05, 0) is 192 Å². The quantitative estimate of drug-likeness (QED) is 0.135. The van der Waals surface area contributed by atoms with Crippen LogP contribution in [0, 0.1) is 0 Å². The van der Waals surface area contributed by atoms with Gasteiger partial charge in [-0.1, -0.05) is 278 Å². The van der Waals surface area contributed by atoms with E-state index in [1.165, 1.54) is 49.1 Å². The molecule has 6 heterocycles. The van der Waals surface area contributed by atoms with E-state index in [4.69, 9.17) is 8.83 Å². The summed E-state index contributed by atoms with van der Waals surface area (Å²) in [7, 11) is 0. The van der Waals surface area contributed by atoms with E-state index in [-0.39, 0.29) is 17.5 Å². The van der Waals surface area contributed by atoms with E-state index in [0.29, 0.717) is 0 Å². The van der Waals surface area contributed by atoms with Crippen LogP contribution >= 0.6 is 0 Å². The van der Waals surface area contributed by atoms with Gasteiger partial charge in [-0.3, -0.25) is 0 Å². The van der Waals surface area contributed by atoms with Crippen molar-refractivity contribution in [2.45, 2.75) is 52.4 Å². The lowest BCUT2D eigenvalue weighted by Crippen LogP contribution is -2.61. The van der Waals surface area contributed by atoms with Gasteiger partial charge in [0, 0.05) is 77.0 Å². The Bertz CT molecular complexity index is 7120. The molecule has 111 heavy (non-hydrogen) atoms. The van der Waals surface area contributed by atoms with Crippen LogP contribution in [0.1, 0.15) is 52.7 Å². The molecule has 2 aliphatic heterocycles. The fourth-order valence-electron chi connectivity index (χ4n) is 18.4. The molecule has 2 aliphatic rings. The average molecular weight is 1420 g/mol. The standard InChI is InChI=1S/C104H75BN4O2/c1-103(2,3)72-48-54-88-82(62-72)83-63-73(104(4,5)6)49-55-89(83)107(88)93-41-25-37-75(70-45-51-81-79-35-19-23-43-97(79)111-99(81)61-70)102(93)109-91-53-47-68(65-28-12-8-13-29-65)57-85(91)105-84-56-67(64-26-10-7-11-27-64)46-52-90(84)108(94-58-71(59-95(109)100(94)105)66-30-14-9-15-31-66)101-74(69-44-50-80-78-34-18-22-42-96(78)110-98(80)60-69)36-24-40-92(101)106-86-38-20-16-32-76(86)77-33-17-21-39-87(77)106/h7-63H,1-6H3. The largest absolute Gasteiger partial charge is 0.456 e. The summed E-state index contributed by atoms with van der Waals surface area (Å²) in [6, 6.07) is 130. The molecular formula is C104H75BN4O2. The summed E-state index contributed by atoms with van der Waals surface area (Å²) < 4.78 is 18.9. The maximum absolute atomic E-state index is 6.94. The maximum atomic E-state index is 6.94. The van der Waals surface area contributed by atoms with Gasteiger partial charge in [0.25, 0.3) is 6.71 Å². The molecule has 20 aromatic rings. The molecule has 0 radical (unpaired) electrons. The van der Waals surface area contributed by atoms with Crippen LogP contribution in [0.4, 0.5) is 34.1 Å². The van der Waals surface area contributed by atoms with Crippen LogP contribution in [0.2, 0.25) is 0 Å². The zero-order valence-electron chi connectivity index (χ0n) is 62.6. The molecule has 7 heteroatoms. The van der Waals surface area contributed by atoms with Gasteiger partial charge in [-0.15, -0.1) is 0 Å². The van der Waals surface area contributed by atoms with Gasteiger partial charge in [0.2, 0.25) is 0 Å². The van der Waals surface area contributed by atoms with Crippen LogP contribution in [-0.2, 0) is 10.8 Å².